The lowest BCUT2D eigenvalue weighted by Crippen LogP contribution is -2.32. The fraction of sp³-hybridized carbons (Fsp3) is 0.208. The number of amides is 1. The zero-order valence-electron chi connectivity index (χ0n) is 19.4. The Morgan fingerprint density at radius 3 is 2.34 bits per heavy atom. The van der Waals surface area contributed by atoms with Gasteiger partial charge in [0.2, 0.25) is 0 Å². The molecule has 38 heavy (non-hydrogen) atoms. The first kappa shape index (κ1) is 24.1. The fourth-order valence-electron chi connectivity index (χ4n) is 4.29. The third kappa shape index (κ3) is 4.50. The van der Waals surface area contributed by atoms with Crippen molar-refractivity contribution in [2.75, 3.05) is 11.9 Å². The molecule has 6 rings (SSSR count). The molecule has 1 amide bonds. The predicted octanol–water partition coefficient (Wildman–Crippen LogP) is 1.86. The van der Waals surface area contributed by atoms with Crippen LogP contribution in [0, 0.1) is 0 Å². The summed E-state index contributed by atoms with van der Waals surface area (Å²) < 4.78 is 47.4. The number of hydrogen-bond acceptors (Lipinski definition) is 11. The first-order chi connectivity index (χ1) is 18.4. The number of fused-ring (bicyclic) bond motifs is 2. The van der Waals surface area contributed by atoms with Gasteiger partial charge < -0.3 is 14.8 Å². The second-order valence-corrected chi connectivity index (χ2v) is 9.63. The summed E-state index contributed by atoms with van der Waals surface area (Å²) >= 11 is 0. The summed E-state index contributed by atoms with van der Waals surface area (Å²) in [7, 11) is -4.31. The summed E-state index contributed by atoms with van der Waals surface area (Å²) in [6.45, 7) is -0.287. The number of nitrogens with zero attached hydrogens (tertiary/aromatic N) is 4. The summed E-state index contributed by atoms with van der Waals surface area (Å²) in [6.07, 6.45) is -1.59. The van der Waals surface area contributed by atoms with Gasteiger partial charge in [-0.1, -0.05) is 36.4 Å². The van der Waals surface area contributed by atoms with Gasteiger partial charge in [-0.15, -0.1) is 0 Å². The van der Waals surface area contributed by atoms with Crippen molar-refractivity contribution in [2.24, 2.45) is 0 Å². The Hall–Kier alpha value is -4.24. The van der Waals surface area contributed by atoms with E-state index in [0.29, 0.717) is 11.1 Å². The normalized spacial score (nSPS) is 23.7. The molecule has 2 aliphatic rings. The van der Waals surface area contributed by atoms with E-state index in [0.717, 1.165) is 0 Å². The predicted molar refractivity (Wildman–Crippen MR) is 129 cm³/mol. The minimum absolute atomic E-state index is 0.154. The second kappa shape index (κ2) is 9.57. The maximum absolute atomic E-state index is 12.6. The van der Waals surface area contributed by atoms with Crippen molar-refractivity contribution >= 4 is 39.3 Å². The van der Waals surface area contributed by atoms with E-state index in [1.54, 1.807) is 60.7 Å². The molecule has 0 saturated carbocycles. The van der Waals surface area contributed by atoms with Crippen molar-refractivity contribution in [3.8, 4) is 0 Å². The fourth-order valence-corrected chi connectivity index (χ4v) is 5.32. The van der Waals surface area contributed by atoms with Crippen LogP contribution >= 0.6 is 0 Å². The van der Waals surface area contributed by atoms with Crippen LogP contribution in [-0.2, 0) is 28.2 Å². The molecule has 4 atom stereocenters. The highest BCUT2D eigenvalue weighted by molar-refractivity contribution is 7.82. The molecule has 14 heteroatoms. The number of benzene rings is 2. The number of ether oxygens (including phenoxy) is 2. The monoisotopic (exact) mass is 537 g/mol. The van der Waals surface area contributed by atoms with Gasteiger partial charge in [-0.2, -0.15) is 8.42 Å². The van der Waals surface area contributed by atoms with Crippen molar-refractivity contribution in [1.82, 2.24) is 19.5 Å². The van der Waals surface area contributed by atoms with Crippen LogP contribution in [0.25, 0.3) is 11.2 Å². The highest BCUT2D eigenvalue weighted by atomic mass is 32.3. The molecular weight excluding hydrogens is 518 g/mol. The van der Waals surface area contributed by atoms with E-state index in [1.165, 1.54) is 17.2 Å². The van der Waals surface area contributed by atoms with E-state index >= 15 is 0 Å². The Kier molecular flexibility index (Phi) is 6.07. The lowest BCUT2D eigenvalue weighted by molar-refractivity contribution is -0.0595. The summed E-state index contributed by atoms with van der Waals surface area (Å²) in [5.74, 6) is -0.839. The minimum Gasteiger partial charge on any atom is -0.459 e. The van der Waals surface area contributed by atoms with E-state index in [-0.39, 0.29) is 23.6 Å². The van der Waals surface area contributed by atoms with E-state index in [4.69, 9.17) is 17.8 Å². The maximum Gasteiger partial charge on any atom is 0.400 e. The summed E-state index contributed by atoms with van der Waals surface area (Å²) in [5, 5.41) is 2.71. The smallest absolute Gasteiger partial charge is 0.400 e. The second-order valence-electron chi connectivity index (χ2n) is 8.43. The molecule has 4 heterocycles. The number of nitrogens with one attached hydrogen (secondary N) is 1. The molecule has 1 N–H and O–H groups in total. The number of carbonyl (C=O) groups is 2. The van der Waals surface area contributed by atoms with Crippen LogP contribution in [0.5, 0.6) is 0 Å². The first-order valence-corrected chi connectivity index (χ1v) is 12.8. The van der Waals surface area contributed by atoms with Gasteiger partial charge in [0.25, 0.3) is 5.91 Å². The molecule has 0 radical (unpaired) electrons. The lowest BCUT2D eigenvalue weighted by atomic mass is 10.1. The van der Waals surface area contributed by atoms with Crippen molar-refractivity contribution < 1.29 is 35.8 Å². The Bertz CT molecular complexity index is 1610. The zero-order chi connectivity index (χ0) is 26.3. The first-order valence-electron chi connectivity index (χ1n) is 11.4. The molecule has 2 fully saturated rings. The van der Waals surface area contributed by atoms with Crippen LogP contribution in [0.2, 0.25) is 0 Å². The van der Waals surface area contributed by atoms with E-state index < -0.39 is 46.8 Å². The van der Waals surface area contributed by atoms with Crippen molar-refractivity contribution in [1.29, 1.82) is 0 Å². The van der Waals surface area contributed by atoms with Gasteiger partial charge in [0, 0.05) is 5.56 Å². The van der Waals surface area contributed by atoms with Crippen LogP contribution in [-0.4, -0.2) is 64.7 Å². The van der Waals surface area contributed by atoms with E-state index in [2.05, 4.69) is 20.3 Å². The molecule has 0 bridgehead atoms. The summed E-state index contributed by atoms with van der Waals surface area (Å²) in [4.78, 5) is 37.7. The third-order valence-electron chi connectivity index (χ3n) is 6.03. The molecule has 13 nitrogen and oxygen atoms in total. The number of aromatic nitrogens is 4. The van der Waals surface area contributed by atoms with Gasteiger partial charge in [0.05, 0.1) is 11.9 Å². The Morgan fingerprint density at radius 1 is 0.921 bits per heavy atom. The van der Waals surface area contributed by atoms with Crippen molar-refractivity contribution in [2.45, 2.75) is 24.5 Å². The molecule has 2 aliphatic heterocycles. The number of imidazole rings is 1. The van der Waals surface area contributed by atoms with Gasteiger partial charge >= 0.3 is 16.4 Å². The summed E-state index contributed by atoms with van der Waals surface area (Å²) in [5.41, 5.74) is 1.26. The van der Waals surface area contributed by atoms with Crippen LogP contribution in [0.4, 0.5) is 5.82 Å². The minimum atomic E-state index is -4.31. The van der Waals surface area contributed by atoms with Crippen molar-refractivity contribution in [3.05, 3.63) is 84.4 Å². The van der Waals surface area contributed by atoms with E-state index in [9.17, 15) is 18.0 Å². The number of hydrogen-bond donors (Lipinski definition) is 1. The van der Waals surface area contributed by atoms with Crippen LogP contribution in [0.3, 0.4) is 0 Å². The molecule has 2 saturated heterocycles. The molecule has 0 unspecified atom stereocenters. The highest BCUT2D eigenvalue weighted by Gasteiger charge is 2.57. The number of esters is 1. The van der Waals surface area contributed by atoms with E-state index in [1.807, 2.05) is 0 Å². The van der Waals surface area contributed by atoms with Gasteiger partial charge in [0.15, 0.2) is 29.3 Å². The molecule has 194 valence electrons. The van der Waals surface area contributed by atoms with Crippen LogP contribution < -0.4 is 5.32 Å². The topological polar surface area (TPSA) is 161 Å². The van der Waals surface area contributed by atoms with Crippen molar-refractivity contribution in [3.63, 3.8) is 0 Å². The molecule has 2 aromatic carbocycles. The molecular formula is C24H19N5O8S. The largest absolute Gasteiger partial charge is 0.459 e. The molecule has 2 aromatic heterocycles. The zero-order valence-corrected chi connectivity index (χ0v) is 20.2. The van der Waals surface area contributed by atoms with Gasteiger partial charge in [-0.25, -0.2) is 28.1 Å². The average Bonchev–Trinajstić information content (AvgIpc) is 3.59. The number of anilines is 1. The Morgan fingerprint density at radius 2 is 1.61 bits per heavy atom. The van der Waals surface area contributed by atoms with Gasteiger partial charge in [0.1, 0.15) is 25.1 Å². The lowest BCUT2D eigenvalue weighted by Gasteiger charge is -2.18. The third-order valence-corrected chi connectivity index (χ3v) is 6.95. The standard InChI is InChI=1S/C24H19N5O8S/c30-22(14-7-3-1-4-8-14)28-20-17-21(26-12-25-20)29(13-27-17)23-19-18(36-38(32,33)37-19)16(35-23)11-34-24(31)15-9-5-2-6-10-15/h1-10,12-13,16,18-19,23H,11H2,(H,25,26,28,30)/t16-,18+,19-,23+/m0/s1. The van der Waals surface area contributed by atoms with Crippen LogP contribution in [0.1, 0.15) is 26.9 Å². The molecule has 4 aromatic rings. The molecule has 0 spiro atoms. The quantitative estimate of drug-likeness (QED) is 0.357. The number of rotatable bonds is 6. The average molecular weight is 538 g/mol. The highest BCUT2D eigenvalue weighted by Crippen LogP contribution is 2.41. The Labute approximate surface area is 215 Å². The Balaban J connectivity index is 1.26. The maximum atomic E-state index is 12.6. The number of carbonyl (C=O) groups excluding carboxylic acids is 2. The summed E-state index contributed by atoms with van der Waals surface area (Å²) in [6, 6.07) is 16.9. The molecule has 0 aliphatic carbocycles. The SMILES string of the molecule is O=C(Nc1ncnc2c1ncn2[C@@H]1O[C@@H](COC(=O)c2ccccc2)[C@H]2OS(=O)(=O)O[C@@H]21)c1ccccc1. The van der Waals surface area contributed by atoms with Gasteiger partial charge in [-0.3, -0.25) is 9.36 Å². The van der Waals surface area contributed by atoms with Crippen LogP contribution in [0.15, 0.2) is 73.3 Å². The van der Waals surface area contributed by atoms with Gasteiger partial charge in [-0.05, 0) is 24.3 Å².